The van der Waals surface area contributed by atoms with Gasteiger partial charge in [0.05, 0.1) is 15.5 Å². The molecule has 0 aliphatic rings. The highest BCUT2D eigenvalue weighted by Crippen LogP contribution is 2.22. The molecule has 1 amide bonds. The van der Waals surface area contributed by atoms with Crippen LogP contribution in [0.1, 0.15) is 22.8 Å². The number of hydrogen-bond acceptors (Lipinski definition) is 5. The summed E-state index contributed by atoms with van der Waals surface area (Å²) < 4.78 is 28.3. The van der Waals surface area contributed by atoms with Crippen molar-refractivity contribution in [3.63, 3.8) is 0 Å². The second-order valence-corrected chi connectivity index (χ2v) is 8.24. The smallest absolute Gasteiger partial charge is 0.340 e. The Morgan fingerprint density at radius 2 is 1.73 bits per heavy atom. The molecule has 0 fully saturated rings. The van der Waals surface area contributed by atoms with Crippen LogP contribution in [0.2, 0.25) is 5.02 Å². The van der Waals surface area contributed by atoms with Gasteiger partial charge in [0.25, 0.3) is 5.91 Å². The van der Waals surface area contributed by atoms with E-state index >= 15 is 0 Å². The standard InChI is InChI=1S/C18H18ClNO5S/c1-11-4-6-13(7-5-11)20-17(21)12(2)25-18(22)15-10-14(26(3,23)24)8-9-16(15)19/h4-10,12H,1-3H3,(H,20,21). The molecule has 0 radical (unpaired) electrons. The van der Waals surface area contributed by atoms with E-state index in [9.17, 15) is 18.0 Å². The van der Waals surface area contributed by atoms with Crippen molar-refractivity contribution in [1.82, 2.24) is 0 Å². The monoisotopic (exact) mass is 395 g/mol. The summed E-state index contributed by atoms with van der Waals surface area (Å²) in [4.78, 5) is 24.4. The molecule has 1 unspecified atom stereocenters. The molecule has 0 spiro atoms. The van der Waals surface area contributed by atoms with Gasteiger partial charge in [-0.05, 0) is 44.2 Å². The number of ether oxygens (including phenoxy) is 1. The van der Waals surface area contributed by atoms with Gasteiger partial charge in [0, 0.05) is 11.9 Å². The number of anilines is 1. The van der Waals surface area contributed by atoms with Crippen molar-refractivity contribution in [2.45, 2.75) is 24.8 Å². The molecule has 0 aromatic heterocycles. The second-order valence-electron chi connectivity index (χ2n) is 5.82. The molecule has 0 saturated heterocycles. The van der Waals surface area contributed by atoms with Gasteiger partial charge >= 0.3 is 5.97 Å². The fraction of sp³-hybridized carbons (Fsp3) is 0.222. The third-order valence-corrected chi connectivity index (χ3v) is 5.00. The van der Waals surface area contributed by atoms with E-state index < -0.39 is 27.8 Å². The first-order valence-electron chi connectivity index (χ1n) is 7.66. The predicted octanol–water partition coefficient (Wildman–Crippen LogP) is 3.24. The number of sulfone groups is 1. The minimum Gasteiger partial charge on any atom is -0.449 e. The maximum absolute atomic E-state index is 12.3. The first kappa shape index (κ1) is 19.9. The summed E-state index contributed by atoms with van der Waals surface area (Å²) >= 11 is 5.95. The topological polar surface area (TPSA) is 89.5 Å². The van der Waals surface area contributed by atoms with Gasteiger partial charge in [-0.1, -0.05) is 29.3 Å². The van der Waals surface area contributed by atoms with Crippen molar-refractivity contribution in [3.05, 3.63) is 58.6 Å². The van der Waals surface area contributed by atoms with E-state index in [1.54, 1.807) is 12.1 Å². The van der Waals surface area contributed by atoms with Gasteiger partial charge in [0.1, 0.15) is 0 Å². The summed E-state index contributed by atoms with van der Waals surface area (Å²) in [5.74, 6) is -1.40. The molecule has 0 heterocycles. The van der Waals surface area contributed by atoms with Crippen LogP contribution in [0.25, 0.3) is 0 Å². The van der Waals surface area contributed by atoms with Crippen molar-refractivity contribution in [1.29, 1.82) is 0 Å². The Morgan fingerprint density at radius 3 is 2.31 bits per heavy atom. The molecule has 2 rings (SSSR count). The molecule has 1 N–H and O–H groups in total. The number of halogens is 1. The van der Waals surface area contributed by atoms with Crippen molar-refractivity contribution in [2.75, 3.05) is 11.6 Å². The first-order chi connectivity index (χ1) is 12.1. The Hall–Kier alpha value is -2.38. The van der Waals surface area contributed by atoms with Gasteiger partial charge in [-0.2, -0.15) is 0 Å². The lowest BCUT2D eigenvalue weighted by Gasteiger charge is -2.14. The lowest BCUT2D eigenvalue weighted by atomic mass is 10.2. The molecule has 0 aliphatic heterocycles. The Bertz CT molecular complexity index is 939. The number of rotatable bonds is 5. The molecule has 2 aromatic rings. The quantitative estimate of drug-likeness (QED) is 0.785. The van der Waals surface area contributed by atoms with Crippen LogP contribution >= 0.6 is 11.6 Å². The van der Waals surface area contributed by atoms with Gasteiger partial charge in [-0.25, -0.2) is 13.2 Å². The summed E-state index contributed by atoms with van der Waals surface area (Å²) in [6.07, 6.45) is -0.0787. The average Bonchev–Trinajstić information content (AvgIpc) is 2.56. The van der Waals surface area contributed by atoms with E-state index in [-0.39, 0.29) is 15.5 Å². The molecule has 8 heteroatoms. The highest BCUT2D eigenvalue weighted by molar-refractivity contribution is 7.90. The zero-order valence-corrected chi connectivity index (χ0v) is 16.0. The minimum absolute atomic E-state index is 0.0357. The van der Waals surface area contributed by atoms with Gasteiger partial charge in [0.2, 0.25) is 0 Å². The van der Waals surface area contributed by atoms with Crippen LogP contribution in [-0.4, -0.2) is 32.7 Å². The first-order valence-corrected chi connectivity index (χ1v) is 9.93. The molecule has 6 nitrogen and oxygen atoms in total. The van der Waals surface area contributed by atoms with Crippen LogP contribution in [0.15, 0.2) is 47.4 Å². The van der Waals surface area contributed by atoms with Crippen molar-refractivity contribution < 1.29 is 22.7 Å². The number of carbonyl (C=O) groups is 2. The summed E-state index contributed by atoms with van der Waals surface area (Å²) in [5.41, 5.74) is 1.49. The van der Waals surface area contributed by atoms with E-state index in [4.69, 9.17) is 16.3 Å². The number of hydrogen-bond donors (Lipinski definition) is 1. The molecule has 26 heavy (non-hydrogen) atoms. The molecule has 0 aliphatic carbocycles. The third kappa shape index (κ3) is 5.06. The van der Waals surface area contributed by atoms with Crippen LogP contribution < -0.4 is 5.32 Å². The number of amides is 1. The van der Waals surface area contributed by atoms with E-state index in [1.165, 1.54) is 19.1 Å². The fourth-order valence-corrected chi connectivity index (χ4v) is 2.89. The number of benzene rings is 2. The Morgan fingerprint density at radius 1 is 1.12 bits per heavy atom. The summed E-state index contributed by atoms with van der Waals surface area (Å²) in [6, 6.07) is 10.9. The Balaban J connectivity index is 2.11. The van der Waals surface area contributed by atoms with Crippen molar-refractivity contribution in [2.24, 2.45) is 0 Å². The van der Waals surface area contributed by atoms with Crippen molar-refractivity contribution in [3.8, 4) is 0 Å². The van der Waals surface area contributed by atoms with E-state index in [1.807, 2.05) is 19.1 Å². The van der Waals surface area contributed by atoms with Gasteiger partial charge < -0.3 is 10.1 Å². The van der Waals surface area contributed by atoms with Gasteiger partial charge in [-0.3, -0.25) is 4.79 Å². The zero-order valence-electron chi connectivity index (χ0n) is 14.4. The van der Waals surface area contributed by atoms with Crippen LogP contribution in [0.3, 0.4) is 0 Å². The maximum Gasteiger partial charge on any atom is 0.340 e. The number of esters is 1. The Kier molecular flexibility index (Phi) is 6.05. The lowest BCUT2D eigenvalue weighted by Crippen LogP contribution is -2.30. The predicted molar refractivity (Wildman–Crippen MR) is 99.2 cm³/mol. The van der Waals surface area contributed by atoms with Crippen LogP contribution in [0.5, 0.6) is 0 Å². The van der Waals surface area contributed by atoms with E-state index in [0.29, 0.717) is 5.69 Å². The third-order valence-electron chi connectivity index (χ3n) is 3.56. The molecule has 0 saturated carbocycles. The summed E-state index contributed by atoms with van der Waals surface area (Å²) in [5, 5.41) is 2.67. The lowest BCUT2D eigenvalue weighted by molar-refractivity contribution is -0.123. The van der Waals surface area contributed by atoms with Gasteiger partial charge in [-0.15, -0.1) is 0 Å². The fourth-order valence-electron chi connectivity index (χ4n) is 2.05. The number of nitrogens with one attached hydrogen (secondary N) is 1. The Labute approximate surface area is 157 Å². The highest BCUT2D eigenvalue weighted by atomic mass is 35.5. The molecule has 138 valence electrons. The normalized spacial score (nSPS) is 12.3. The SMILES string of the molecule is Cc1ccc(NC(=O)C(C)OC(=O)c2cc(S(C)(=O)=O)ccc2Cl)cc1. The van der Waals surface area contributed by atoms with Gasteiger partial charge in [0.15, 0.2) is 15.9 Å². The minimum atomic E-state index is -3.51. The summed E-state index contributed by atoms with van der Waals surface area (Å²) in [7, 11) is -3.51. The number of aryl methyl sites for hydroxylation is 1. The zero-order chi connectivity index (χ0) is 19.5. The molecule has 1 atom stereocenters. The van der Waals surface area contributed by atoms with E-state index in [2.05, 4.69) is 5.32 Å². The van der Waals surface area contributed by atoms with Crippen LogP contribution in [0, 0.1) is 6.92 Å². The maximum atomic E-state index is 12.3. The largest absolute Gasteiger partial charge is 0.449 e. The second kappa shape index (κ2) is 7.88. The highest BCUT2D eigenvalue weighted by Gasteiger charge is 2.22. The van der Waals surface area contributed by atoms with E-state index in [0.717, 1.165) is 17.9 Å². The molecule has 0 bridgehead atoms. The summed E-state index contributed by atoms with van der Waals surface area (Å²) in [6.45, 7) is 3.33. The number of carbonyl (C=O) groups excluding carboxylic acids is 2. The van der Waals surface area contributed by atoms with Crippen molar-refractivity contribution >= 4 is 39.0 Å². The average molecular weight is 396 g/mol. The molecular weight excluding hydrogens is 378 g/mol. The van der Waals surface area contributed by atoms with Crippen LogP contribution in [0.4, 0.5) is 5.69 Å². The van der Waals surface area contributed by atoms with Crippen LogP contribution in [-0.2, 0) is 19.4 Å². The molecular formula is C18H18ClNO5S. The molecule has 2 aromatic carbocycles.